The summed E-state index contributed by atoms with van der Waals surface area (Å²) in [6.07, 6.45) is 2.38. The maximum absolute atomic E-state index is 12.5. The molecule has 7 nitrogen and oxygen atoms in total. The van der Waals surface area contributed by atoms with E-state index in [1.165, 1.54) is 11.3 Å². The number of Topliss-reactive ketones (excluding diaryl/α,β-unsaturated/α-hetero) is 1. The Bertz CT molecular complexity index is 950. The van der Waals surface area contributed by atoms with Gasteiger partial charge in [-0.25, -0.2) is 4.98 Å². The van der Waals surface area contributed by atoms with Crippen LogP contribution in [-0.4, -0.2) is 33.1 Å². The molecule has 0 fully saturated rings. The average Bonchev–Trinajstić information content (AvgIpc) is 3.32. The number of aryl methyl sites for hydroxylation is 3. The predicted molar refractivity (Wildman–Crippen MR) is 101 cm³/mol. The molecule has 3 heterocycles. The van der Waals surface area contributed by atoms with Crippen LogP contribution >= 0.6 is 11.3 Å². The normalized spacial score (nSPS) is 11.0. The van der Waals surface area contributed by atoms with Crippen LogP contribution in [0.3, 0.4) is 0 Å². The Kier molecular flexibility index (Phi) is 5.55. The standard InChI is InChI=1S/C19H21N3O4S/c1-11-9-16(13(3)22(11)19-20-7-8-27-19)17(23)10-25-18(24)6-5-15-12(2)21-26-14(15)4/h7-9H,5-6,10H2,1-4H3. The van der Waals surface area contributed by atoms with Crippen molar-refractivity contribution in [2.45, 2.75) is 40.5 Å². The molecule has 0 aliphatic carbocycles. The van der Waals surface area contributed by atoms with Crippen molar-refractivity contribution in [3.63, 3.8) is 0 Å². The van der Waals surface area contributed by atoms with Crippen molar-refractivity contribution >= 4 is 23.1 Å². The van der Waals surface area contributed by atoms with Gasteiger partial charge >= 0.3 is 5.97 Å². The minimum absolute atomic E-state index is 0.175. The van der Waals surface area contributed by atoms with Crippen LogP contribution in [0.5, 0.6) is 0 Å². The molecule has 27 heavy (non-hydrogen) atoms. The van der Waals surface area contributed by atoms with Gasteiger partial charge in [0, 0.05) is 40.5 Å². The van der Waals surface area contributed by atoms with Gasteiger partial charge in [-0.05, 0) is 40.2 Å². The third kappa shape index (κ3) is 4.00. The molecule has 0 aliphatic rings. The number of carbonyl (C=O) groups is 2. The summed E-state index contributed by atoms with van der Waals surface area (Å²) in [6.45, 7) is 7.14. The molecule has 0 aromatic carbocycles. The summed E-state index contributed by atoms with van der Waals surface area (Å²) >= 11 is 1.50. The molecule has 0 unspecified atom stereocenters. The molecule has 3 rings (SSSR count). The van der Waals surface area contributed by atoms with Crippen LogP contribution in [0.25, 0.3) is 5.13 Å². The van der Waals surface area contributed by atoms with Crippen LogP contribution < -0.4 is 0 Å². The highest BCUT2D eigenvalue weighted by Gasteiger charge is 2.19. The lowest BCUT2D eigenvalue weighted by molar-refractivity contribution is -0.142. The third-order valence-corrected chi connectivity index (χ3v) is 5.22. The smallest absolute Gasteiger partial charge is 0.306 e. The number of rotatable bonds is 7. The summed E-state index contributed by atoms with van der Waals surface area (Å²) in [7, 11) is 0. The number of esters is 1. The molecule has 8 heteroatoms. The zero-order valence-corrected chi connectivity index (χ0v) is 16.6. The number of ketones is 1. The van der Waals surface area contributed by atoms with Gasteiger partial charge in [-0.1, -0.05) is 5.16 Å². The zero-order valence-electron chi connectivity index (χ0n) is 15.7. The average molecular weight is 387 g/mol. The highest BCUT2D eigenvalue weighted by atomic mass is 32.1. The Labute approximate surface area is 161 Å². The van der Waals surface area contributed by atoms with E-state index < -0.39 is 5.97 Å². The number of aromatic nitrogens is 3. The molecule has 0 N–H and O–H groups in total. The van der Waals surface area contributed by atoms with Crippen molar-refractivity contribution in [2.75, 3.05) is 6.61 Å². The minimum atomic E-state index is -0.419. The van der Waals surface area contributed by atoms with Gasteiger partial charge in [0.15, 0.2) is 11.7 Å². The first-order chi connectivity index (χ1) is 12.9. The van der Waals surface area contributed by atoms with Gasteiger partial charge in [0.1, 0.15) is 5.76 Å². The van der Waals surface area contributed by atoms with E-state index in [1.54, 1.807) is 12.3 Å². The summed E-state index contributed by atoms with van der Waals surface area (Å²) in [5, 5.41) is 6.55. The van der Waals surface area contributed by atoms with E-state index in [4.69, 9.17) is 9.26 Å². The Hall–Kier alpha value is -2.74. The van der Waals surface area contributed by atoms with Crippen molar-refractivity contribution < 1.29 is 18.8 Å². The summed E-state index contributed by atoms with van der Waals surface area (Å²) in [6, 6.07) is 1.80. The van der Waals surface area contributed by atoms with Gasteiger partial charge in [0.2, 0.25) is 5.78 Å². The van der Waals surface area contributed by atoms with E-state index in [-0.39, 0.29) is 18.8 Å². The van der Waals surface area contributed by atoms with Crippen molar-refractivity contribution in [1.29, 1.82) is 0 Å². The molecule has 3 aromatic rings. The molecular formula is C19H21N3O4S. The largest absolute Gasteiger partial charge is 0.457 e. The minimum Gasteiger partial charge on any atom is -0.457 e. The topological polar surface area (TPSA) is 87.2 Å². The second-order valence-corrected chi connectivity index (χ2v) is 7.19. The molecule has 0 bridgehead atoms. The third-order valence-electron chi connectivity index (χ3n) is 4.47. The Morgan fingerprint density at radius 1 is 1.26 bits per heavy atom. The molecule has 0 saturated heterocycles. The fraction of sp³-hybridized carbons (Fsp3) is 0.368. The van der Waals surface area contributed by atoms with Crippen molar-refractivity contribution in [2.24, 2.45) is 0 Å². The van der Waals surface area contributed by atoms with Crippen LogP contribution in [0.1, 0.15) is 45.2 Å². The van der Waals surface area contributed by atoms with E-state index in [9.17, 15) is 9.59 Å². The highest BCUT2D eigenvalue weighted by molar-refractivity contribution is 7.12. The first-order valence-corrected chi connectivity index (χ1v) is 9.45. The second kappa shape index (κ2) is 7.87. The van der Waals surface area contributed by atoms with Crippen LogP contribution in [-0.2, 0) is 16.0 Å². The molecular weight excluding hydrogens is 366 g/mol. The van der Waals surface area contributed by atoms with Gasteiger partial charge < -0.3 is 9.26 Å². The van der Waals surface area contributed by atoms with Crippen molar-refractivity contribution in [3.05, 3.63) is 51.6 Å². The summed E-state index contributed by atoms with van der Waals surface area (Å²) < 4.78 is 12.2. The van der Waals surface area contributed by atoms with Gasteiger partial charge in [-0.15, -0.1) is 11.3 Å². The van der Waals surface area contributed by atoms with Crippen molar-refractivity contribution in [1.82, 2.24) is 14.7 Å². The molecule has 0 spiro atoms. The first kappa shape index (κ1) is 19.0. The van der Waals surface area contributed by atoms with E-state index in [0.29, 0.717) is 17.7 Å². The summed E-state index contributed by atoms with van der Waals surface area (Å²) in [5.74, 6) is 0.0553. The Morgan fingerprint density at radius 2 is 2.04 bits per heavy atom. The lowest BCUT2D eigenvalue weighted by atomic mass is 10.1. The second-order valence-electron chi connectivity index (χ2n) is 6.32. The van der Waals surface area contributed by atoms with Crippen LogP contribution in [0, 0.1) is 27.7 Å². The summed E-state index contributed by atoms with van der Waals surface area (Å²) in [5.41, 5.74) is 3.92. The van der Waals surface area contributed by atoms with E-state index in [1.807, 2.05) is 37.6 Å². The zero-order chi connectivity index (χ0) is 19.6. The number of thiazole rings is 1. The number of carbonyl (C=O) groups excluding carboxylic acids is 2. The van der Waals surface area contributed by atoms with E-state index >= 15 is 0 Å². The van der Waals surface area contributed by atoms with Gasteiger partial charge in [0.25, 0.3) is 0 Å². The first-order valence-electron chi connectivity index (χ1n) is 8.58. The maximum Gasteiger partial charge on any atom is 0.306 e. The molecule has 0 atom stereocenters. The maximum atomic E-state index is 12.5. The molecule has 142 valence electrons. The number of hydrogen-bond donors (Lipinski definition) is 0. The predicted octanol–water partition coefficient (Wildman–Crippen LogP) is 3.51. The van der Waals surface area contributed by atoms with Gasteiger partial charge in [-0.2, -0.15) is 0 Å². The Balaban J connectivity index is 1.60. The quantitative estimate of drug-likeness (QED) is 0.455. The fourth-order valence-corrected chi connectivity index (χ4v) is 3.80. The lowest BCUT2D eigenvalue weighted by Gasteiger charge is -2.06. The van der Waals surface area contributed by atoms with Gasteiger partial charge in [-0.3, -0.25) is 14.2 Å². The molecule has 0 amide bonds. The Morgan fingerprint density at radius 3 is 2.67 bits per heavy atom. The fourth-order valence-electron chi connectivity index (χ4n) is 3.05. The van der Waals surface area contributed by atoms with E-state index in [2.05, 4.69) is 10.1 Å². The summed E-state index contributed by atoms with van der Waals surface area (Å²) in [4.78, 5) is 28.8. The monoisotopic (exact) mass is 387 g/mol. The van der Waals surface area contributed by atoms with E-state index in [0.717, 1.165) is 27.8 Å². The molecule has 3 aromatic heterocycles. The van der Waals surface area contributed by atoms with Gasteiger partial charge in [0.05, 0.1) is 5.69 Å². The lowest BCUT2D eigenvalue weighted by Crippen LogP contribution is -2.15. The number of hydrogen-bond acceptors (Lipinski definition) is 7. The highest BCUT2D eigenvalue weighted by Crippen LogP contribution is 2.22. The molecule has 0 radical (unpaired) electrons. The molecule has 0 saturated carbocycles. The SMILES string of the molecule is Cc1noc(C)c1CCC(=O)OCC(=O)c1cc(C)n(-c2nccs2)c1C. The van der Waals surface area contributed by atoms with Crippen molar-refractivity contribution in [3.8, 4) is 5.13 Å². The number of nitrogens with zero attached hydrogens (tertiary/aromatic N) is 3. The van der Waals surface area contributed by atoms with Crippen LogP contribution in [0.15, 0.2) is 22.2 Å². The number of ether oxygens (including phenoxy) is 1. The van der Waals surface area contributed by atoms with Crippen LogP contribution in [0.2, 0.25) is 0 Å². The molecule has 0 aliphatic heterocycles. The van der Waals surface area contributed by atoms with Crippen LogP contribution in [0.4, 0.5) is 0 Å².